The molecule has 1 N–H and O–H groups in total. The standard InChI is InChI=1S/C17H36N4O.HI/c1-7-18-17(21-9-8-15(12-21)13-22-6)19-11-16(20(4)5)10-14(2)3;/h14-16H,7-13H2,1-6H3,(H,18,19);1H. The fraction of sp³-hybridized carbons (Fsp3) is 0.941. The number of nitrogens with zero attached hydrogens (tertiary/aromatic N) is 3. The summed E-state index contributed by atoms with van der Waals surface area (Å²) in [4.78, 5) is 9.59. The van der Waals surface area contributed by atoms with Gasteiger partial charge in [0.15, 0.2) is 5.96 Å². The number of hydrogen-bond donors (Lipinski definition) is 1. The highest BCUT2D eigenvalue weighted by molar-refractivity contribution is 14.0. The molecular weight excluding hydrogens is 403 g/mol. The van der Waals surface area contributed by atoms with Gasteiger partial charge in [-0.25, -0.2) is 0 Å². The van der Waals surface area contributed by atoms with Crippen LogP contribution in [0.5, 0.6) is 0 Å². The van der Waals surface area contributed by atoms with Crippen LogP contribution in [0.4, 0.5) is 0 Å². The van der Waals surface area contributed by atoms with Gasteiger partial charge in [-0.1, -0.05) is 13.8 Å². The summed E-state index contributed by atoms with van der Waals surface area (Å²) in [5.74, 6) is 2.40. The van der Waals surface area contributed by atoms with Gasteiger partial charge in [-0.05, 0) is 39.8 Å². The summed E-state index contributed by atoms with van der Waals surface area (Å²) in [5.41, 5.74) is 0. The highest BCUT2D eigenvalue weighted by atomic mass is 127. The van der Waals surface area contributed by atoms with E-state index in [2.05, 4.69) is 50.0 Å². The Bertz CT molecular complexity index is 337. The molecule has 23 heavy (non-hydrogen) atoms. The predicted octanol–water partition coefficient (Wildman–Crippen LogP) is 2.51. The summed E-state index contributed by atoms with van der Waals surface area (Å²) >= 11 is 0. The van der Waals surface area contributed by atoms with Crippen molar-refractivity contribution in [2.24, 2.45) is 16.8 Å². The molecule has 1 rings (SSSR count). The maximum atomic E-state index is 5.29. The van der Waals surface area contributed by atoms with E-state index < -0.39 is 0 Å². The van der Waals surface area contributed by atoms with Gasteiger partial charge >= 0.3 is 0 Å². The molecular formula is C17H37IN4O. The minimum Gasteiger partial charge on any atom is -0.384 e. The maximum absolute atomic E-state index is 5.29. The fourth-order valence-corrected chi connectivity index (χ4v) is 3.01. The van der Waals surface area contributed by atoms with Crippen molar-refractivity contribution in [2.75, 3.05) is 54.0 Å². The first kappa shape index (κ1) is 22.9. The van der Waals surface area contributed by atoms with Crippen molar-refractivity contribution in [1.29, 1.82) is 0 Å². The first-order valence-corrected chi connectivity index (χ1v) is 8.66. The van der Waals surface area contributed by atoms with Crippen LogP contribution in [0.25, 0.3) is 0 Å². The fourth-order valence-electron chi connectivity index (χ4n) is 3.01. The van der Waals surface area contributed by atoms with Crippen molar-refractivity contribution in [1.82, 2.24) is 15.1 Å². The lowest BCUT2D eigenvalue weighted by Crippen LogP contribution is -2.41. The number of likely N-dealkylation sites (N-methyl/N-ethyl adjacent to an activating group) is 1. The molecule has 0 spiro atoms. The third-order valence-electron chi connectivity index (χ3n) is 4.25. The SMILES string of the molecule is CCNC(=NCC(CC(C)C)N(C)C)N1CCC(COC)C1.I. The van der Waals surface area contributed by atoms with Crippen molar-refractivity contribution in [3.63, 3.8) is 0 Å². The average molecular weight is 440 g/mol. The minimum absolute atomic E-state index is 0. The molecule has 0 aromatic carbocycles. The van der Waals surface area contributed by atoms with E-state index in [1.165, 1.54) is 12.8 Å². The van der Waals surface area contributed by atoms with E-state index in [0.717, 1.165) is 38.7 Å². The normalized spacial score (nSPS) is 20.1. The second-order valence-electron chi connectivity index (χ2n) is 7.00. The number of ether oxygens (including phenoxy) is 1. The predicted molar refractivity (Wildman–Crippen MR) is 110 cm³/mol. The van der Waals surface area contributed by atoms with Crippen LogP contribution in [0.2, 0.25) is 0 Å². The average Bonchev–Trinajstić information content (AvgIpc) is 2.90. The molecule has 0 amide bonds. The van der Waals surface area contributed by atoms with Crippen LogP contribution in [0.3, 0.4) is 0 Å². The Hall–Kier alpha value is -0.0800. The van der Waals surface area contributed by atoms with Gasteiger partial charge < -0.3 is 19.9 Å². The molecule has 1 heterocycles. The summed E-state index contributed by atoms with van der Waals surface area (Å²) in [6.45, 7) is 11.5. The number of halogens is 1. The molecule has 2 atom stereocenters. The molecule has 0 saturated carbocycles. The van der Waals surface area contributed by atoms with Crippen LogP contribution >= 0.6 is 24.0 Å². The second kappa shape index (κ2) is 12.3. The summed E-state index contributed by atoms with van der Waals surface area (Å²) in [7, 11) is 6.09. The van der Waals surface area contributed by atoms with Crippen LogP contribution in [0.1, 0.15) is 33.6 Å². The summed E-state index contributed by atoms with van der Waals surface area (Å²) in [6, 6.07) is 0.506. The number of aliphatic imine (C=N–C) groups is 1. The Morgan fingerprint density at radius 2 is 2.09 bits per heavy atom. The van der Waals surface area contributed by atoms with Gasteiger partial charge in [0.25, 0.3) is 0 Å². The third-order valence-corrected chi connectivity index (χ3v) is 4.25. The first-order valence-electron chi connectivity index (χ1n) is 8.66. The van der Waals surface area contributed by atoms with Crippen LogP contribution in [0.15, 0.2) is 4.99 Å². The molecule has 138 valence electrons. The zero-order valence-corrected chi connectivity index (χ0v) is 18.2. The molecule has 0 bridgehead atoms. The number of nitrogens with one attached hydrogen (secondary N) is 1. The molecule has 2 unspecified atom stereocenters. The van der Waals surface area contributed by atoms with E-state index in [1.54, 1.807) is 7.11 Å². The van der Waals surface area contributed by atoms with E-state index in [1.807, 2.05) is 0 Å². The summed E-state index contributed by atoms with van der Waals surface area (Å²) < 4.78 is 5.29. The molecule has 6 heteroatoms. The largest absolute Gasteiger partial charge is 0.384 e. The lowest BCUT2D eigenvalue weighted by molar-refractivity contribution is 0.157. The first-order chi connectivity index (χ1) is 10.5. The van der Waals surface area contributed by atoms with E-state index in [0.29, 0.717) is 17.9 Å². The highest BCUT2D eigenvalue weighted by Crippen LogP contribution is 2.17. The van der Waals surface area contributed by atoms with Crippen LogP contribution in [0, 0.1) is 11.8 Å². The van der Waals surface area contributed by atoms with Crippen LogP contribution in [-0.4, -0.2) is 75.8 Å². The van der Waals surface area contributed by atoms with Gasteiger partial charge in [0, 0.05) is 38.7 Å². The van der Waals surface area contributed by atoms with Crippen molar-refractivity contribution in [3.8, 4) is 0 Å². The summed E-state index contributed by atoms with van der Waals surface area (Å²) in [5, 5.41) is 3.45. The molecule has 0 aromatic rings. The van der Waals surface area contributed by atoms with Gasteiger partial charge in [0.05, 0.1) is 13.2 Å². The zero-order chi connectivity index (χ0) is 16.5. The topological polar surface area (TPSA) is 40.1 Å². The Balaban J connectivity index is 0.00000484. The number of guanidine groups is 1. The van der Waals surface area contributed by atoms with E-state index in [9.17, 15) is 0 Å². The number of methoxy groups -OCH3 is 1. The molecule has 1 aliphatic rings. The second-order valence-corrected chi connectivity index (χ2v) is 7.00. The molecule has 1 aliphatic heterocycles. The lowest BCUT2D eigenvalue weighted by Gasteiger charge is -2.26. The van der Waals surface area contributed by atoms with Gasteiger partial charge in [-0.3, -0.25) is 4.99 Å². The van der Waals surface area contributed by atoms with E-state index in [4.69, 9.17) is 9.73 Å². The van der Waals surface area contributed by atoms with Gasteiger partial charge in [-0.15, -0.1) is 24.0 Å². The summed E-state index contributed by atoms with van der Waals surface area (Å²) in [6.07, 6.45) is 2.38. The third kappa shape index (κ3) is 8.54. The van der Waals surface area contributed by atoms with Crippen molar-refractivity contribution in [3.05, 3.63) is 0 Å². The number of likely N-dealkylation sites (tertiary alicyclic amines) is 1. The van der Waals surface area contributed by atoms with Crippen LogP contribution < -0.4 is 5.32 Å². The molecule has 1 fully saturated rings. The Kier molecular flexibility index (Phi) is 12.3. The monoisotopic (exact) mass is 440 g/mol. The van der Waals surface area contributed by atoms with Crippen molar-refractivity contribution in [2.45, 2.75) is 39.7 Å². The number of rotatable bonds is 8. The Morgan fingerprint density at radius 1 is 1.39 bits per heavy atom. The van der Waals surface area contributed by atoms with E-state index in [-0.39, 0.29) is 24.0 Å². The quantitative estimate of drug-likeness (QED) is 0.358. The van der Waals surface area contributed by atoms with Crippen molar-refractivity contribution >= 4 is 29.9 Å². The minimum atomic E-state index is 0. The van der Waals surface area contributed by atoms with E-state index >= 15 is 0 Å². The number of hydrogen-bond acceptors (Lipinski definition) is 3. The smallest absolute Gasteiger partial charge is 0.193 e. The molecule has 0 radical (unpaired) electrons. The molecule has 1 saturated heterocycles. The van der Waals surface area contributed by atoms with Gasteiger partial charge in [0.1, 0.15) is 0 Å². The molecule has 0 aliphatic carbocycles. The molecule has 0 aromatic heterocycles. The lowest BCUT2D eigenvalue weighted by atomic mass is 10.0. The van der Waals surface area contributed by atoms with Gasteiger partial charge in [-0.2, -0.15) is 0 Å². The maximum Gasteiger partial charge on any atom is 0.193 e. The van der Waals surface area contributed by atoms with Crippen molar-refractivity contribution < 1.29 is 4.74 Å². The Morgan fingerprint density at radius 3 is 2.61 bits per heavy atom. The Labute approximate surface area is 160 Å². The molecule has 5 nitrogen and oxygen atoms in total. The van der Waals surface area contributed by atoms with Gasteiger partial charge in [0.2, 0.25) is 0 Å². The highest BCUT2D eigenvalue weighted by Gasteiger charge is 2.25. The van der Waals surface area contributed by atoms with Crippen LogP contribution in [-0.2, 0) is 4.74 Å². The zero-order valence-electron chi connectivity index (χ0n) is 15.8.